The van der Waals surface area contributed by atoms with E-state index in [9.17, 15) is 0 Å². The third-order valence-corrected chi connectivity index (χ3v) is 3.31. The molecular formula is C18H23NO. The predicted octanol–water partition coefficient (Wildman–Crippen LogP) is 4.51. The first-order chi connectivity index (χ1) is 9.58. The molecule has 2 aromatic rings. The summed E-state index contributed by atoms with van der Waals surface area (Å²) in [6.07, 6.45) is 0. The van der Waals surface area contributed by atoms with Crippen molar-refractivity contribution in [3.8, 4) is 11.5 Å². The van der Waals surface area contributed by atoms with Crippen molar-refractivity contribution in [2.24, 2.45) is 0 Å². The van der Waals surface area contributed by atoms with Gasteiger partial charge in [-0.05, 0) is 73.8 Å². The zero-order valence-corrected chi connectivity index (χ0v) is 12.8. The van der Waals surface area contributed by atoms with Gasteiger partial charge in [-0.25, -0.2) is 0 Å². The summed E-state index contributed by atoms with van der Waals surface area (Å²) in [4.78, 5) is 0. The molecular weight excluding hydrogens is 246 g/mol. The number of hydrogen-bond acceptors (Lipinski definition) is 2. The van der Waals surface area contributed by atoms with E-state index in [1.54, 1.807) is 0 Å². The van der Waals surface area contributed by atoms with Gasteiger partial charge in [-0.15, -0.1) is 0 Å². The first-order valence-corrected chi connectivity index (χ1v) is 7.15. The van der Waals surface area contributed by atoms with Crippen LogP contribution in [0.4, 0.5) is 0 Å². The van der Waals surface area contributed by atoms with E-state index in [4.69, 9.17) is 4.74 Å². The highest BCUT2D eigenvalue weighted by atomic mass is 16.5. The maximum atomic E-state index is 5.96. The zero-order chi connectivity index (χ0) is 14.5. The number of rotatable bonds is 5. The minimum absolute atomic E-state index is 0.896. The summed E-state index contributed by atoms with van der Waals surface area (Å²) >= 11 is 0. The van der Waals surface area contributed by atoms with Crippen LogP contribution in [0.2, 0.25) is 0 Å². The largest absolute Gasteiger partial charge is 0.457 e. The number of ether oxygens (including phenoxy) is 1. The van der Waals surface area contributed by atoms with Crippen LogP contribution >= 0.6 is 0 Å². The summed E-state index contributed by atoms with van der Waals surface area (Å²) in [6, 6.07) is 12.6. The van der Waals surface area contributed by atoms with Crippen LogP contribution in [0, 0.1) is 20.8 Å². The van der Waals surface area contributed by atoms with E-state index in [1.165, 1.54) is 22.3 Å². The molecule has 106 valence electrons. The fourth-order valence-electron chi connectivity index (χ4n) is 2.32. The Balaban J connectivity index is 2.15. The summed E-state index contributed by atoms with van der Waals surface area (Å²) < 4.78 is 5.96. The molecule has 0 aliphatic heterocycles. The Morgan fingerprint density at radius 1 is 0.900 bits per heavy atom. The van der Waals surface area contributed by atoms with Crippen molar-refractivity contribution in [3.63, 3.8) is 0 Å². The third kappa shape index (κ3) is 3.84. The summed E-state index contributed by atoms with van der Waals surface area (Å²) in [5.74, 6) is 1.80. The summed E-state index contributed by atoms with van der Waals surface area (Å²) in [5, 5.41) is 3.35. The summed E-state index contributed by atoms with van der Waals surface area (Å²) in [5.41, 5.74) is 5.02. The van der Waals surface area contributed by atoms with Crippen molar-refractivity contribution in [3.05, 3.63) is 58.7 Å². The van der Waals surface area contributed by atoms with Gasteiger partial charge in [-0.3, -0.25) is 0 Å². The molecule has 0 fully saturated rings. The minimum atomic E-state index is 0.896. The molecule has 2 rings (SSSR count). The average molecular weight is 269 g/mol. The molecule has 0 aliphatic carbocycles. The molecule has 2 heteroatoms. The molecule has 0 aliphatic rings. The Labute approximate surface area is 121 Å². The van der Waals surface area contributed by atoms with Gasteiger partial charge in [0, 0.05) is 6.54 Å². The van der Waals surface area contributed by atoms with Crippen molar-refractivity contribution in [1.29, 1.82) is 0 Å². The smallest absolute Gasteiger partial charge is 0.127 e. The number of nitrogens with one attached hydrogen (secondary N) is 1. The Bertz CT molecular complexity index is 570. The van der Waals surface area contributed by atoms with Crippen molar-refractivity contribution < 1.29 is 4.74 Å². The minimum Gasteiger partial charge on any atom is -0.457 e. The first-order valence-electron chi connectivity index (χ1n) is 7.15. The van der Waals surface area contributed by atoms with Gasteiger partial charge < -0.3 is 10.1 Å². The molecule has 0 bridgehead atoms. The van der Waals surface area contributed by atoms with E-state index in [1.807, 2.05) is 6.07 Å². The van der Waals surface area contributed by atoms with Gasteiger partial charge >= 0.3 is 0 Å². The second-order valence-corrected chi connectivity index (χ2v) is 5.29. The van der Waals surface area contributed by atoms with Crippen molar-refractivity contribution >= 4 is 0 Å². The lowest BCUT2D eigenvalue weighted by molar-refractivity contribution is 0.481. The molecule has 1 N–H and O–H groups in total. The number of aryl methyl sites for hydroxylation is 3. The fraction of sp³-hybridized carbons (Fsp3) is 0.333. The van der Waals surface area contributed by atoms with Gasteiger partial charge in [0.1, 0.15) is 11.5 Å². The van der Waals surface area contributed by atoms with Crippen LogP contribution < -0.4 is 10.1 Å². The summed E-state index contributed by atoms with van der Waals surface area (Å²) in [7, 11) is 0. The van der Waals surface area contributed by atoms with Crippen LogP contribution in [0.3, 0.4) is 0 Å². The van der Waals surface area contributed by atoms with Crippen LogP contribution in [0.25, 0.3) is 0 Å². The quantitative estimate of drug-likeness (QED) is 0.862. The van der Waals surface area contributed by atoms with Crippen LogP contribution in [0.15, 0.2) is 36.4 Å². The van der Waals surface area contributed by atoms with Crippen molar-refractivity contribution in [2.45, 2.75) is 34.2 Å². The Morgan fingerprint density at radius 3 is 2.20 bits per heavy atom. The van der Waals surface area contributed by atoms with Crippen LogP contribution in [0.5, 0.6) is 11.5 Å². The molecule has 0 amide bonds. The molecule has 2 nitrogen and oxygen atoms in total. The molecule has 0 unspecified atom stereocenters. The highest BCUT2D eigenvalue weighted by Crippen LogP contribution is 2.25. The molecule has 0 aromatic heterocycles. The van der Waals surface area contributed by atoms with Gasteiger partial charge in [0.2, 0.25) is 0 Å². The van der Waals surface area contributed by atoms with E-state index >= 15 is 0 Å². The number of benzene rings is 2. The van der Waals surface area contributed by atoms with Crippen LogP contribution in [-0.4, -0.2) is 6.54 Å². The van der Waals surface area contributed by atoms with Crippen LogP contribution in [-0.2, 0) is 6.54 Å². The molecule has 0 radical (unpaired) electrons. The van der Waals surface area contributed by atoms with Crippen molar-refractivity contribution in [2.75, 3.05) is 6.54 Å². The highest BCUT2D eigenvalue weighted by Gasteiger charge is 2.03. The van der Waals surface area contributed by atoms with Gasteiger partial charge in [0.05, 0.1) is 0 Å². The third-order valence-electron chi connectivity index (χ3n) is 3.31. The lowest BCUT2D eigenvalue weighted by Gasteiger charge is -2.11. The molecule has 2 aromatic carbocycles. The maximum absolute atomic E-state index is 5.96. The topological polar surface area (TPSA) is 21.3 Å². The Morgan fingerprint density at radius 2 is 1.60 bits per heavy atom. The molecule has 0 saturated heterocycles. The second kappa shape index (κ2) is 6.58. The van der Waals surface area contributed by atoms with E-state index in [-0.39, 0.29) is 0 Å². The molecule has 20 heavy (non-hydrogen) atoms. The molecule has 0 atom stereocenters. The van der Waals surface area contributed by atoms with E-state index in [2.05, 4.69) is 63.3 Å². The number of hydrogen-bond donors (Lipinski definition) is 1. The Hall–Kier alpha value is -1.80. The normalized spacial score (nSPS) is 10.6. The highest BCUT2D eigenvalue weighted by molar-refractivity contribution is 5.40. The monoisotopic (exact) mass is 269 g/mol. The second-order valence-electron chi connectivity index (χ2n) is 5.29. The maximum Gasteiger partial charge on any atom is 0.127 e. The van der Waals surface area contributed by atoms with Crippen LogP contribution in [0.1, 0.15) is 29.2 Å². The van der Waals surface area contributed by atoms with E-state index in [0.717, 1.165) is 24.6 Å². The lowest BCUT2D eigenvalue weighted by Crippen LogP contribution is -2.12. The standard InChI is InChI=1S/C18H23NO/c1-5-19-12-16-6-7-17(11-15(16)4)20-18-9-13(2)8-14(3)10-18/h6-11,19H,5,12H2,1-4H3. The Kier molecular flexibility index (Phi) is 4.80. The zero-order valence-electron chi connectivity index (χ0n) is 12.8. The van der Waals surface area contributed by atoms with Gasteiger partial charge in [-0.1, -0.05) is 19.1 Å². The molecule has 0 heterocycles. The first kappa shape index (κ1) is 14.6. The van der Waals surface area contributed by atoms with E-state index < -0.39 is 0 Å². The van der Waals surface area contributed by atoms with E-state index in [0.29, 0.717) is 0 Å². The molecule has 0 spiro atoms. The predicted molar refractivity (Wildman–Crippen MR) is 84.5 cm³/mol. The fourth-order valence-corrected chi connectivity index (χ4v) is 2.32. The SMILES string of the molecule is CCNCc1ccc(Oc2cc(C)cc(C)c2)cc1C. The lowest BCUT2D eigenvalue weighted by atomic mass is 10.1. The van der Waals surface area contributed by atoms with Gasteiger partial charge in [0.25, 0.3) is 0 Å². The van der Waals surface area contributed by atoms with Crippen molar-refractivity contribution in [1.82, 2.24) is 5.32 Å². The van der Waals surface area contributed by atoms with Gasteiger partial charge in [0.15, 0.2) is 0 Å². The molecule has 0 saturated carbocycles. The summed E-state index contributed by atoms with van der Waals surface area (Å²) in [6.45, 7) is 10.3. The average Bonchev–Trinajstić information content (AvgIpc) is 2.36. The van der Waals surface area contributed by atoms with Gasteiger partial charge in [-0.2, -0.15) is 0 Å².